The first-order valence-corrected chi connectivity index (χ1v) is 4.59. The van der Waals surface area contributed by atoms with Crippen LogP contribution in [0.5, 0.6) is 0 Å². The number of rotatable bonds is 1. The standard InChI is InChI=1S/C10H9ClFO/c11-8-4-7(5-9(12)6-8)10(13)2-1-3-10/h5-6,13H,1-3H2. The quantitative estimate of drug-likeness (QED) is 0.737. The highest BCUT2D eigenvalue weighted by Crippen LogP contribution is 2.41. The molecule has 3 heteroatoms. The van der Waals surface area contributed by atoms with Gasteiger partial charge < -0.3 is 5.11 Å². The van der Waals surface area contributed by atoms with Crippen molar-refractivity contribution in [2.45, 2.75) is 24.9 Å². The fourth-order valence-electron chi connectivity index (χ4n) is 1.53. The van der Waals surface area contributed by atoms with Gasteiger partial charge in [-0.1, -0.05) is 11.6 Å². The Labute approximate surface area is 81.1 Å². The molecule has 0 atom stereocenters. The molecule has 1 nitrogen and oxygen atoms in total. The SMILES string of the molecule is OC1(c2[c]c(Cl)cc(F)c2)CCC1. The molecule has 1 aromatic carbocycles. The van der Waals surface area contributed by atoms with Crippen molar-refractivity contribution in [2.24, 2.45) is 0 Å². The third-order valence-electron chi connectivity index (χ3n) is 2.48. The van der Waals surface area contributed by atoms with E-state index in [1.165, 1.54) is 12.1 Å². The number of hydrogen-bond donors (Lipinski definition) is 1. The predicted molar refractivity (Wildman–Crippen MR) is 48.0 cm³/mol. The number of benzene rings is 1. The fourth-order valence-corrected chi connectivity index (χ4v) is 1.74. The molecule has 0 aromatic heterocycles. The first-order valence-electron chi connectivity index (χ1n) is 4.21. The minimum atomic E-state index is -0.883. The summed E-state index contributed by atoms with van der Waals surface area (Å²) in [6, 6.07) is 5.25. The van der Waals surface area contributed by atoms with Crippen LogP contribution in [0.25, 0.3) is 0 Å². The van der Waals surface area contributed by atoms with Gasteiger partial charge in [0, 0.05) is 6.07 Å². The Bertz CT molecular complexity index is 313. The van der Waals surface area contributed by atoms with Gasteiger partial charge in [-0.25, -0.2) is 4.39 Å². The molecule has 0 spiro atoms. The molecule has 1 fully saturated rings. The third-order valence-corrected chi connectivity index (χ3v) is 2.69. The Morgan fingerprint density at radius 2 is 2.15 bits per heavy atom. The first kappa shape index (κ1) is 8.97. The summed E-state index contributed by atoms with van der Waals surface area (Å²) >= 11 is 5.63. The normalized spacial score (nSPS) is 19.6. The minimum absolute atomic E-state index is 0.218. The fraction of sp³-hybridized carbons (Fsp3) is 0.400. The lowest BCUT2D eigenvalue weighted by Crippen LogP contribution is -2.33. The molecule has 1 radical (unpaired) electrons. The van der Waals surface area contributed by atoms with Gasteiger partial charge in [0.2, 0.25) is 0 Å². The van der Waals surface area contributed by atoms with Crippen molar-refractivity contribution in [2.75, 3.05) is 0 Å². The van der Waals surface area contributed by atoms with Gasteiger partial charge in [0.25, 0.3) is 0 Å². The topological polar surface area (TPSA) is 20.2 Å². The molecule has 1 aromatic rings. The maximum atomic E-state index is 12.9. The van der Waals surface area contributed by atoms with Gasteiger partial charge in [-0.2, -0.15) is 0 Å². The van der Waals surface area contributed by atoms with Crippen molar-refractivity contribution < 1.29 is 9.50 Å². The average Bonchev–Trinajstić information content (AvgIpc) is 1.98. The van der Waals surface area contributed by atoms with E-state index >= 15 is 0 Å². The largest absolute Gasteiger partial charge is 0.385 e. The van der Waals surface area contributed by atoms with Crippen LogP contribution < -0.4 is 0 Å². The Balaban J connectivity index is 2.39. The summed E-state index contributed by atoms with van der Waals surface area (Å²) in [5.74, 6) is -0.418. The second-order valence-electron chi connectivity index (χ2n) is 3.45. The summed E-state index contributed by atoms with van der Waals surface area (Å²) in [5, 5.41) is 10.1. The van der Waals surface area contributed by atoms with Gasteiger partial charge in [-0.05, 0) is 37.0 Å². The van der Waals surface area contributed by atoms with Crippen LogP contribution in [0.1, 0.15) is 24.8 Å². The van der Waals surface area contributed by atoms with Crippen LogP contribution in [-0.4, -0.2) is 5.11 Å². The van der Waals surface area contributed by atoms with Gasteiger partial charge in [-0.3, -0.25) is 0 Å². The first-order chi connectivity index (χ1) is 6.10. The van der Waals surface area contributed by atoms with E-state index in [1.54, 1.807) is 0 Å². The van der Waals surface area contributed by atoms with Crippen LogP contribution >= 0.6 is 11.6 Å². The molecule has 13 heavy (non-hydrogen) atoms. The lowest BCUT2D eigenvalue weighted by atomic mass is 9.75. The zero-order chi connectivity index (χ0) is 9.47. The van der Waals surface area contributed by atoms with Crippen LogP contribution in [-0.2, 0) is 5.60 Å². The number of halogens is 2. The maximum absolute atomic E-state index is 12.9. The smallest absolute Gasteiger partial charge is 0.125 e. The molecule has 1 saturated carbocycles. The van der Waals surface area contributed by atoms with Crippen LogP contribution in [0.4, 0.5) is 4.39 Å². The van der Waals surface area contributed by atoms with Crippen LogP contribution in [0.3, 0.4) is 0 Å². The second-order valence-corrected chi connectivity index (χ2v) is 3.85. The Hall–Kier alpha value is -0.600. The van der Waals surface area contributed by atoms with Gasteiger partial charge in [-0.15, -0.1) is 0 Å². The summed E-state index contributed by atoms with van der Waals surface area (Å²) in [4.78, 5) is 0. The molecule has 0 unspecified atom stereocenters. The van der Waals surface area contributed by atoms with Crippen molar-refractivity contribution in [3.05, 3.63) is 34.6 Å². The van der Waals surface area contributed by atoms with E-state index in [0.717, 1.165) is 6.42 Å². The predicted octanol–water partition coefficient (Wildman–Crippen LogP) is 2.65. The lowest BCUT2D eigenvalue weighted by molar-refractivity contribution is -0.0392. The summed E-state index contributed by atoms with van der Waals surface area (Å²) < 4.78 is 12.9. The van der Waals surface area contributed by atoms with E-state index in [0.29, 0.717) is 18.4 Å². The summed E-state index contributed by atoms with van der Waals surface area (Å²) in [7, 11) is 0. The van der Waals surface area contributed by atoms with Gasteiger partial charge in [0.1, 0.15) is 5.82 Å². The average molecular weight is 200 g/mol. The van der Waals surface area contributed by atoms with Gasteiger partial charge >= 0.3 is 0 Å². The van der Waals surface area contributed by atoms with Crippen molar-refractivity contribution in [3.8, 4) is 0 Å². The molecule has 1 aliphatic rings. The molecule has 0 heterocycles. The van der Waals surface area contributed by atoms with Crippen molar-refractivity contribution >= 4 is 11.6 Å². The van der Waals surface area contributed by atoms with Crippen LogP contribution in [0.15, 0.2) is 12.1 Å². The van der Waals surface area contributed by atoms with E-state index < -0.39 is 11.4 Å². The Morgan fingerprint density at radius 1 is 1.46 bits per heavy atom. The van der Waals surface area contributed by atoms with E-state index in [9.17, 15) is 9.50 Å². The maximum Gasteiger partial charge on any atom is 0.125 e. The van der Waals surface area contributed by atoms with E-state index in [-0.39, 0.29) is 5.02 Å². The van der Waals surface area contributed by atoms with Crippen molar-refractivity contribution in [1.82, 2.24) is 0 Å². The Morgan fingerprint density at radius 3 is 2.62 bits per heavy atom. The molecule has 2 rings (SSSR count). The summed E-state index contributed by atoms with van der Waals surface area (Å²) in [5.41, 5.74) is -0.407. The van der Waals surface area contributed by atoms with Crippen LogP contribution in [0.2, 0.25) is 5.02 Å². The molecule has 69 valence electrons. The van der Waals surface area contributed by atoms with Gasteiger partial charge in [0.15, 0.2) is 0 Å². The molecule has 0 bridgehead atoms. The number of hydrogen-bond acceptors (Lipinski definition) is 1. The molecule has 1 N–H and O–H groups in total. The highest BCUT2D eigenvalue weighted by atomic mass is 35.5. The number of aliphatic hydroxyl groups is 1. The highest BCUT2D eigenvalue weighted by Gasteiger charge is 2.36. The van der Waals surface area contributed by atoms with E-state index in [4.69, 9.17) is 11.6 Å². The summed E-state index contributed by atoms with van der Waals surface area (Å²) in [6.45, 7) is 0. The minimum Gasteiger partial charge on any atom is -0.385 e. The lowest BCUT2D eigenvalue weighted by Gasteiger charge is -2.36. The van der Waals surface area contributed by atoms with Crippen LogP contribution in [0, 0.1) is 11.9 Å². The molecule has 0 saturated heterocycles. The van der Waals surface area contributed by atoms with E-state index in [1.807, 2.05) is 0 Å². The molecule has 1 aliphatic carbocycles. The molecular weight excluding hydrogens is 191 g/mol. The van der Waals surface area contributed by atoms with Crippen molar-refractivity contribution in [3.63, 3.8) is 0 Å². The zero-order valence-electron chi connectivity index (χ0n) is 6.98. The van der Waals surface area contributed by atoms with Gasteiger partial charge in [0.05, 0.1) is 10.6 Å². The Kier molecular flexibility index (Phi) is 2.05. The summed E-state index contributed by atoms with van der Waals surface area (Å²) in [6.07, 6.45) is 2.31. The molecule has 0 aliphatic heterocycles. The molecular formula is C10H9ClFO. The second kappa shape index (κ2) is 2.96. The zero-order valence-corrected chi connectivity index (χ0v) is 7.74. The highest BCUT2D eigenvalue weighted by molar-refractivity contribution is 6.30. The van der Waals surface area contributed by atoms with E-state index in [2.05, 4.69) is 6.07 Å². The monoisotopic (exact) mass is 199 g/mol. The third kappa shape index (κ3) is 1.56. The molecule has 0 amide bonds. The van der Waals surface area contributed by atoms with Crippen molar-refractivity contribution in [1.29, 1.82) is 0 Å².